The van der Waals surface area contributed by atoms with Gasteiger partial charge in [-0.05, 0) is 6.92 Å². The maximum atomic E-state index is 4.93. The molecule has 0 spiro atoms. The summed E-state index contributed by atoms with van der Waals surface area (Å²) in [5.41, 5.74) is 0. The summed E-state index contributed by atoms with van der Waals surface area (Å²) in [6.07, 6.45) is 8.91. The lowest BCUT2D eigenvalue weighted by molar-refractivity contribution is 1.04. The summed E-state index contributed by atoms with van der Waals surface area (Å²) in [6.45, 7) is 2.08. The molecule has 0 saturated carbocycles. The van der Waals surface area contributed by atoms with Crippen molar-refractivity contribution in [3.8, 4) is 12.3 Å². The van der Waals surface area contributed by atoms with E-state index in [9.17, 15) is 0 Å². The van der Waals surface area contributed by atoms with Crippen LogP contribution < -0.4 is 0 Å². The molecule has 0 unspecified atom stereocenters. The predicted molar refractivity (Wildman–Crippen MR) is 28.0 cm³/mol. The van der Waals surface area contributed by atoms with E-state index in [4.69, 9.17) is 6.42 Å². The highest BCUT2D eigenvalue weighted by atomic mass is 13.8. The van der Waals surface area contributed by atoms with Crippen molar-refractivity contribution >= 4 is 0 Å². The van der Waals surface area contributed by atoms with Gasteiger partial charge in [0.1, 0.15) is 6.42 Å². The summed E-state index contributed by atoms with van der Waals surface area (Å²) < 4.78 is 0. The van der Waals surface area contributed by atoms with Gasteiger partial charge in [0.15, 0.2) is 0 Å². The second-order valence-electron chi connectivity index (χ2n) is 1.11. The summed E-state index contributed by atoms with van der Waals surface area (Å²) in [7, 11) is 0. The van der Waals surface area contributed by atoms with Gasteiger partial charge in [-0.1, -0.05) is 5.92 Å². The number of unbranched alkanes of at least 4 members (excludes halogenated alkanes) is 2. The van der Waals surface area contributed by atoms with Crippen LogP contribution in [-0.4, -0.2) is 0 Å². The van der Waals surface area contributed by atoms with E-state index >= 15 is 0 Å². The van der Waals surface area contributed by atoms with Gasteiger partial charge in [0.2, 0.25) is 0 Å². The minimum atomic E-state index is 0.816. The predicted octanol–water partition coefficient (Wildman–Crippen LogP) is 1.62. The van der Waals surface area contributed by atoms with Crippen molar-refractivity contribution in [3.05, 3.63) is 6.42 Å². The SMILES string of the molecule is C#CC[CH+]CC. The third-order valence-electron chi connectivity index (χ3n) is 0.551. The summed E-state index contributed by atoms with van der Waals surface area (Å²) in [5.74, 6) is 2.51. The molecule has 0 heterocycles. The maximum Gasteiger partial charge on any atom is 0.147 e. The third-order valence-corrected chi connectivity index (χ3v) is 0.551. The molecule has 0 rings (SSSR count). The molecular formula is C6H9+. The molecule has 0 amide bonds. The minimum Gasteiger partial charge on any atom is -0.116 e. The monoisotopic (exact) mass is 81.1 g/mol. The van der Waals surface area contributed by atoms with E-state index in [2.05, 4.69) is 19.3 Å². The standard InChI is InChI=1S/C6H9/c1-3-5-6-4-2/h1,6H,4-5H2,2H3/q+1. The van der Waals surface area contributed by atoms with Crippen molar-refractivity contribution in [2.45, 2.75) is 19.8 Å². The molecule has 0 aromatic rings. The average molecular weight is 81.1 g/mol. The molecule has 0 aliphatic carbocycles. The van der Waals surface area contributed by atoms with Crippen molar-refractivity contribution < 1.29 is 0 Å². The molecule has 0 aliphatic rings. The highest BCUT2D eigenvalue weighted by molar-refractivity contribution is 4.89. The number of rotatable bonds is 2. The van der Waals surface area contributed by atoms with E-state index in [-0.39, 0.29) is 0 Å². The zero-order chi connectivity index (χ0) is 4.83. The van der Waals surface area contributed by atoms with Gasteiger partial charge in [-0.2, -0.15) is 0 Å². The van der Waals surface area contributed by atoms with Crippen LogP contribution in [-0.2, 0) is 0 Å². The molecule has 0 aromatic carbocycles. The fourth-order valence-electron chi connectivity index (χ4n) is 0.228. The molecule has 0 heteroatoms. The molecule has 32 valence electrons. The second kappa shape index (κ2) is 4.43. The average Bonchev–Trinajstić information content (AvgIpc) is 1.61. The van der Waals surface area contributed by atoms with Crippen LogP contribution in [0.5, 0.6) is 0 Å². The van der Waals surface area contributed by atoms with Gasteiger partial charge in [0.25, 0.3) is 0 Å². The first-order chi connectivity index (χ1) is 2.91. The maximum absolute atomic E-state index is 4.93. The van der Waals surface area contributed by atoms with E-state index in [1.807, 2.05) is 0 Å². The van der Waals surface area contributed by atoms with E-state index in [0.29, 0.717) is 0 Å². The summed E-state index contributed by atoms with van der Waals surface area (Å²) >= 11 is 0. The Bertz CT molecular complexity index is 47.5. The molecule has 0 nitrogen and oxygen atoms in total. The fourth-order valence-corrected chi connectivity index (χ4v) is 0.228. The highest BCUT2D eigenvalue weighted by Gasteiger charge is 1.83. The number of hydrogen-bond donors (Lipinski definition) is 0. The van der Waals surface area contributed by atoms with Crippen molar-refractivity contribution in [2.75, 3.05) is 0 Å². The van der Waals surface area contributed by atoms with E-state index in [1.54, 1.807) is 0 Å². The molecular weight excluding hydrogens is 72.1 g/mol. The van der Waals surface area contributed by atoms with Crippen LogP contribution in [0.2, 0.25) is 0 Å². The van der Waals surface area contributed by atoms with Crippen LogP contribution in [0.1, 0.15) is 19.8 Å². The molecule has 6 heavy (non-hydrogen) atoms. The molecule has 0 fully saturated rings. The molecule has 0 radical (unpaired) electrons. The Morgan fingerprint density at radius 3 is 2.67 bits per heavy atom. The second-order valence-corrected chi connectivity index (χ2v) is 1.11. The van der Waals surface area contributed by atoms with Gasteiger partial charge in [-0.25, -0.2) is 0 Å². The first-order valence-corrected chi connectivity index (χ1v) is 2.17. The Labute approximate surface area is 39.6 Å². The van der Waals surface area contributed by atoms with Crippen molar-refractivity contribution in [1.82, 2.24) is 0 Å². The number of hydrogen-bond acceptors (Lipinski definition) is 0. The summed E-state index contributed by atoms with van der Waals surface area (Å²) in [4.78, 5) is 0. The lowest BCUT2D eigenvalue weighted by atomic mass is 10.3. The zero-order valence-corrected chi connectivity index (χ0v) is 4.07. The van der Waals surface area contributed by atoms with Crippen LogP contribution in [0.3, 0.4) is 0 Å². The normalized spacial score (nSPS) is 6.67. The largest absolute Gasteiger partial charge is 0.147 e. The van der Waals surface area contributed by atoms with Gasteiger partial charge in [0, 0.05) is 0 Å². The third kappa shape index (κ3) is 3.43. The van der Waals surface area contributed by atoms with Crippen molar-refractivity contribution in [1.29, 1.82) is 0 Å². The Hall–Kier alpha value is -0.570. The Balaban J connectivity index is 2.54. The Morgan fingerprint density at radius 1 is 1.83 bits per heavy atom. The smallest absolute Gasteiger partial charge is 0.116 e. The first-order valence-electron chi connectivity index (χ1n) is 2.17. The minimum absolute atomic E-state index is 0.816. The zero-order valence-electron chi connectivity index (χ0n) is 4.07. The van der Waals surface area contributed by atoms with Gasteiger partial charge in [-0.15, -0.1) is 6.42 Å². The fraction of sp³-hybridized carbons (Fsp3) is 0.500. The lowest BCUT2D eigenvalue weighted by Crippen LogP contribution is -1.64. The summed E-state index contributed by atoms with van der Waals surface area (Å²) in [5, 5.41) is 0. The van der Waals surface area contributed by atoms with Crippen molar-refractivity contribution in [3.63, 3.8) is 0 Å². The Morgan fingerprint density at radius 2 is 2.50 bits per heavy atom. The molecule has 0 aliphatic heterocycles. The van der Waals surface area contributed by atoms with Crippen LogP contribution in [0.25, 0.3) is 0 Å². The highest BCUT2D eigenvalue weighted by Crippen LogP contribution is 1.86. The lowest BCUT2D eigenvalue weighted by Gasteiger charge is -1.68. The molecule has 0 N–H and O–H groups in total. The summed E-state index contributed by atoms with van der Waals surface area (Å²) in [6, 6.07) is 0. The van der Waals surface area contributed by atoms with Gasteiger partial charge in [0.05, 0.1) is 12.8 Å². The van der Waals surface area contributed by atoms with Gasteiger partial charge >= 0.3 is 0 Å². The molecule has 0 bridgehead atoms. The van der Waals surface area contributed by atoms with Gasteiger partial charge in [-0.3, -0.25) is 0 Å². The van der Waals surface area contributed by atoms with Gasteiger partial charge < -0.3 is 0 Å². The quantitative estimate of drug-likeness (QED) is 0.269. The first kappa shape index (κ1) is 5.43. The topological polar surface area (TPSA) is 0 Å². The van der Waals surface area contributed by atoms with E-state index < -0.39 is 0 Å². The van der Waals surface area contributed by atoms with Crippen LogP contribution in [0.4, 0.5) is 0 Å². The van der Waals surface area contributed by atoms with Crippen LogP contribution in [0, 0.1) is 18.8 Å². The Kier molecular flexibility index (Phi) is 4.01. The van der Waals surface area contributed by atoms with E-state index in [0.717, 1.165) is 12.8 Å². The van der Waals surface area contributed by atoms with E-state index in [1.165, 1.54) is 0 Å². The van der Waals surface area contributed by atoms with Crippen LogP contribution >= 0.6 is 0 Å². The molecule has 0 atom stereocenters. The molecule has 0 saturated heterocycles. The molecule has 0 aromatic heterocycles. The van der Waals surface area contributed by atoms with Crippen LogP contribution in [0.15, 0.2) is 0 Å². The number of terminal acetylenes is 1. The van der Waals surface area contributed by atoms with Crippen molar-refractivity contribution in [2.24, 2.45) is 0 Å².